The molecule has 0 aliphatic heterocycles. The predicted molar refractivity (Wildman–Crippen MR) is 67.5 cm³/mol. The van der Waals surface area contributed by atoms with Gasteiger partial charge in [-0.3, -0.25) is 0 Å². The Bertz CT molecular complexity index is 378. The van der Waals surface area contributed by atoms with Gasteiger partial charge in [-0.05, 0) is 41.2 Å². The summed E-state index contributed by atoms with van der Waals surface area (Å²) in [5.41, 5.74) is 1.30. The third kappa shape index (κ3) is 2.63. The summed E-state index contributed by atoms with van der Waals surface area (Å²) in [6.07, 6.45) is 1.77. The summed E-state index contributed by atoms with van der Waals surface area (Å²) < 4.78 is 0. The summed E-state index contributed by atoms with van der Waals surface area (Å²) in [5.74, 6) is 0.500. The fourth-order valence-electron chi connectivity index (χ4n) is 1.91. The minimum atomic E-state index is 0.0638. The van der Waals surface area contributed by atoms with E-state index in [9.17, 15) is 0 Å². The van der Waals surface area contributed by atoms with Gasteiger partial charge in [-0.2, -0.15) is 5.26 Å². The molecule has 1 aromatic heterocycles. The first kappa shape index (κ1) is 13.2. The molecule has 1 aromatic rings. The third-order valence-corrected chi connectivity index (χ3v) is 4.33. The van der Waals surface area contributed by atoms with Crippen LogP contribution in [0, 0.1) is 17.2 Å². The second-order valence-electron chi connectivity index (χ2n) is 4.71. The Morgan fingerprint density at radius 2 is 2.25 bits per heavy atom. The molecule has 0 radical (unpaired) electrons. The van der Waals surface area contributed by atoms with Crippen LogP contribution in [0.15, 0.2) is 11.4 Å². The topological polar surface area (TPSA) is 44.0 Å². The number of aliphatic hydroxyl groups is 1. The molecule has 0 aromatic carbocycles. The molecule has 0 aliphatic carbocycles. The first-order valence-corrected chi connectivity index (χ1v) is 6.52. The van der Waals surface area contributed by atoms with Crippen molar-refractivity contribution in [2.75, 3.05) is 6.61 Å². The van der Waals surface area contributed by atoms with Gasteiger partial charge in [0.05, 0.1) is 0 Å². The van der Waals surface area contributed by atoms with E-state index < -0.39 is 0 Å². The van der Waals surface area contributed by atoms with Gasteiger partial charge >= 0.3 is 0 Å². The van der Waals surface area contributed by atoms with E-state index in [-0.39, 0.29) is 12.0 Å². The van der Waals surface area contributed by atoms with E-state index in [2.05, 4.69) is 32.2 Å². The number of nitrogens with zero attached hydrogens (tertiary/aromatic N) is 1. The van der Waals surface area contributed by atoms with Crippen molar-refractivity contribution in [3.63, 3.8) is 0 Å². The van der Waals surface area contributed by atoms with Gasteiger partial charge in [0.1, 0.15) is 10.9 Å². The fraction of sp³-hybridized carbons (Fsp3) is 0.615. The molecule has 0 amide bonds. The third-order valence-electron chi connectivity index (χ3n) is 3.50. The van der Waals surface area contributed by atoms with E-state index >= 15 is 0 Å². The first-order valence-electron chi connectivity index (χ1n) is 5.64. The van der Waals surface area contributed by atoms with Crippen LogP contribution in [0.2, 0.25) is 0 Å². The van der Waals surface area contributed by atoms with Crippen molar-refractivity contribution in [1.82, 2.24) is 0 Å². The summed E-state index contributed by atoms with van der Waals surface area (Å²) in [6.45, 7) is 6.84. The van der Waals surface area contributed by atoms with Crippen molar-refractivity contribution >= 4 is 11.3 Å². The lowest BCUT2D eigenvalue weighted by molar-refractivity contribution is 0.240. The Balaban J connectivity index is 2.97. The normalized spacial score (nSPS) is 14.8. The Hall–Kier alpha value is -0.850. The van der Waals surface area contributed by atoms with Gasteiger partial charge in [-0.1, -0.05) is 20.8 Å². The van der Waals surface area contributed by atoms with Crippen LogP contribution < -0.4 is 0 Å². The lowest BCUT2D eigenvalue weighted by Gasteiger charge is -2.33. The van der Waals surface area contributed by atoms with Gasteiger partial charge < -0.3 is 5.11 Å². The highest BCUT2D eigenvalue weighted by Crippen LogP contribution is 2.38. The van der Waals surface area contributed by atoms with Crippen LogP contribution in [-0.4, -0.2) is 11.7 Å². The highest BCUT2D eigenvalue weighted by atomic mass is 32.1. The zero-order chi connectivity index (χ0) is 12.2. The van der Waals surface area contributed by atoms with E-state index in [1.54, 1.807) is 0 Å². The van der Waals surface area contributed by atoms with Crippen molar-refractivity contribution in [3.05, 3.63) is 21.9 Å². The van der Waals surface area contributed by atoms with E-state index in [0.29, 0.717) is 5.92 Å². The van der Waals surface area contributed by atoms with Crippen molar-refractivity contribution in [1.29, 1.82) is 5.26 Å². The highest BCUT2D eigenvalue weighted by Gasteiger charge is 2.30. The summed E-state index contributed by atoms with van der Waals surface area (Å²) in [5, 5.41) is 19.9. The molecule has 16 heavy (non-hydrogen) atoms. The second kappa shape index (κ2) is 5.47. The number of nitriles is 1. The average molecular weight is 237 g/mol. The molecule has 0 saturated heterocycles. The van der Waals surface area contributed by atoms with Crippen LogP contribution in [0.3, 0.4) is 0 Å². The number of thiophene rings is 1. The smallest absolute Gasteiger partial charge is 0.110 e. The molecule has 1 unspecified atom stereocenters. The van der Waals surface area contributed by atoms with E-state index in [1.165, 1.54) is 16.9 Å². The van der Waals surface area contributed by atoms with Gasteiger partial charge in [-0.25, -0.2) is 0 Å². The molecule has 2 nitrogen and oxygen atoms in total. The summed E-state index contributed by atoms with van der Waals surface area (Å²) in [6, 6.07) is 4.17. The van der Waals surface area contributed by atoms with Gasteiger partial charge in [0, 0.05) is 6.61 Å². The molecule has 1 atom stereocenters. The van der Waals surface area contributed by atoms with Crippen LogP contribution in [0.4, 0.5) is 0 Å². The molecule has 0 fully saturated rings. The monoisotopic (exact) mass is 237 g/mol. The van der Waals surface area contributed by atoms with Gasteiger partial charge in [-0.15, -0.1) is 11.3 Å². The first-order chi connectivity index (χ1) is 7.54. The summed E-state index contributed by atoms with van der Waals surface area (Å²) in [7, 11) is 0. The molecule has 0 saturated carbocycles. The fourth-order valence-corrected chi connectivity index (χ4v) is 2.75. The molecular weight excluding hydrogens is 218 g/mol. The molecule has 1 N–H and O–H groups in total. The van der Waals surface area contributed by atoms with Crippen molar-refractivity contribution in [2.24, 2.45) is 5.92 Å². The molecule has 3 heteroatoms. The summed E-state index contributed by atoms with van der Waals surface area (Å²) >= 11 is 1.50. The zero-order valence-corrected chi connectivity index (χ0v) is 11.0. The largest absolute Gasteiger partial charge is 0.396 e. The molecule has 0 bridgehead atoms. The molecule has 1 heterocycles. The van der Waals surface area contributed by atoms with Crippen molar-refractivity contribution < 1.29 is 5.11 Å². The van der Waals surface area contributed by atoms with Crippen molar-refractivity contribution in [3.8, 4) is 6.07 Å². The van der Waals surface area contributed by atoms with Gasteiger partial charge in [0.25, 0.3) is 0 Å². The minimum Gasteiger partial charge on any atom is -0.396 e. The Kier molecular flexibility index (Phi) is 4.52. The van der Waals surface area contributed by atoms with E-state index in [4.69, 9.17) is 10.4 Å². The molecular formula is C13H19NOS. The SMILES string of the molecule is CC(C)C(C)(CCCO)c1csc(C#N)c1. The standard InChI is InChI=1S/C13H19NOS/c1-10(2)13(3,5-4-6-15)11-7-12(8-14)16-9-11/h7,9-10,15H,4-6H2,1-3H3. The number of rotatable bonds is 5. The average Bonchev–Trinajstić information content (AvgIpc) is 2.74. The quantitative estimate of drug-likeness (QED) is 0.854. The second-order valence-corrected chi connectivity index (χ2v) is 5.62. The molecule has 0 aliphatic rings. The van der Waals surface area contributed by atoms with Crippen LogP contribution in [0.5, 0.6) is 0 Å². The molecule has 88 valence electrons. The van der Waals surface area contributed by atoms with Crippen molar-refractivity contribution in [2.45, 2.75) is 39.0 Å². The maximum absolute atomic E-state index is 8.96. The Morgan fingerprint density at radius 1 is 1.56 bits per heavy atom. The Labute approximate surface area is 102 Å². The Morgan fingerprint density at radius 3 is 2.69 bits per heavy atom. The lowest BCUT2D eigenvalue weighted by Crippen LogP contribution is -2.28. The molecule has 0 spiro atoms. The van der Waals surface area contributed by atoms with Gasteiger partial charge in [0.2, 0.25) is 0 Å². The zero-order valence-electron chi connectivity index (χ0n) is 10.2. The predicted octanol–water partition coefficient (Wildman–Crippen LogP) is 3.31. The number of hydrogen-bond donors (Lipinski definition) is 1. The number of aliphatic hydroxyl groups excluding tert-OH is 1. The van der Waals surface area contributed by atoms with Crippen LogP contribution >= 0.6 is 11.3 Å². The molecule has 1 rings (SSSR count). The van der Waals surface area contributed by atoms with E-state index in [0.717, 1.165) is 17.7 Å². The van der Waals surface area contributed by atoms with Crippen LogP contribution in [0.1, 0.15) is 44.1 Å². The minimum absolute atomic E-state index is 0.0638. The number of hydrogen-bond acceptors (Lipinski definition) is 3. The highest BCUT2D eigenvalue weighted by molar-refractivity contribution is 7.10. The van der Waals surface area contributed by atoms with Gasteiger partial charge in [0.15, 0.2) is 0 Å². The van der Waals surface area contributed by atoms with Crippen LogP contribution in [0.25, 0.3) is 0 Å². The van der Waals surface area contributed by atoms with Crippen LogP contribution in [-0.2, 0) is 5.41 Å². The van der Waals surface area contributed by atoms with E-state index in [1.807, 2.05) is 6.07 Å². The maximum atomic E-state index is 8.96. The lowest BCUT2D eigenvalue weighted by atomic mass is 9.71. The maximum Gasteiger partial charge on any atom is 0.110 e. The summed E-state index contributed by atoms with van der Waals surface area (Å²) in [4.78, 5) is 0.769.